The smallest absolute Gasteiger partial charge is 0.336 e. The van der Waals surface area contributed by atoms with Crippen molar-refractivity contribution in [2.75, 3.05) is 18.0 Å². The molecule has 2 heterocycles. The molecule has 1 saturated heterocycles. The molecule has 1 aliphatic rings. The van der Waals surface area contributed by atoms with Gasteiger partial charge in [-0.05, 0) is 38.1 Å². The van der Waals surface area contributed by atoms with Crippen LogP contribution in [0.1, 0.15) is 19.4 Å². The number of hydrogen-bond acceptors (Lipinski definition) is 4. The molecule has 0 atom stereocenters. The van der Waals surface area contributed by atoms with Crippen molar-refractivity contribution in [3.63, 3.8) is 0 Å². The lowest BCUT2D eigenvalue weighted by molar-refractivity contribution is -0.131. The summed E-state index contributed by atoms with van der Waals surface area (Å²) in [6.07, 6.45) is 3.04. The molecule has 0 radical (unpaired) electrons. The zero-order valence-electron chi connectivity index (χ0n) is 18.7. The molecule has 1 aromatic heterocycles. The quantitative estimate of drug-likeness (QED) is 0.449. The van der Waals surface area contributed by atoms with Gasteiger partial charge < -0.3 is 9.47 Å². The average Bonchev–Trinajstić information content (AvgIpc) is 3.16. The van der Waals surface area contributed by atoms with Gasteiger partial charge >= 0.3 is 6.03 Å². The van der Waals surface area contributed by atoms with Crippen molar-refractivity contribution in [2.45, 2.75) is 20.4 Å². The molecule has 0 spiro atoms. The second kappa shape index (κ2) is 9.30. The number of carbonyl (C=O) groups is 4. The summed E-state index contributed by atoms with van der Waals surface area (Å²) in [6, 6.07) is 11.6. The Morgan fingerprint density at radius 3 is 2.41 bits per heavy atom. The number of amides is 5. The number of para-hydroxylation sites is 2. The molecule has 5 amide bonds. The van der Waals surface area contributed by atoms with Crippen molar-refractivity contribution >= 4 is 46.4 Å². The molecule has 2 aromatic carbocycles. The molecule has 0 unspecified atom stereocenters. The van der Waals surface area contributed by atoms with Gasteiger partial charge in [-0.1, -0.05) is 30.3 Å². The largest absolute Gasteiger partial charge is 0.342 e. The lowest BCUT2D eigenvalue weighted by Gasteiger charge is -2.26. The fourth-order valence-corrected chi connectivity index (χ4v) is 4.01. The highest BCUT2D eigenvalue weighted by atomic mass is 19.1. The zero-order chi connectivity index (χ0) is 24.4. The van der Waals surface area contributed by atoms with Crippen LogP contribution in [0.25, 0.3) is 17.0 Å². The van der Waals surface area contributed by atoms with Crippen LogP contribution in [0, 0.1) is 5.82 Å². The van der Waals surface area contributed by atoms with Crippen LogP contribution in [-0.2, 0) is 20.9 Å². The Morgan fingerprint density at radius 2 is 1.71 bits per heavy atom. The first-order valence-corrected chi connectivity index (χ1v) is 10.9. The van der Waals surface area contributed by atoms with E-state index in [1.165, 1.54) is 24.3 Å². The number of fused-ring (bicyclic) bond motifs is 1. The van der Waals surface area contributed by atoms with Crippen molar-refractivity contribution in [1.29, 1.82) is 0 Å². The lowest BCUT2D eigenvalue weighted by Crippen LogP contribution is -2.54. The maximum atomic E-state index is 14.3. The van der Waals surface area contributed by atoms with Gasteiger partial charge in [0.2, 0.25) is 5.91 Å². The highest BCUT2D eigenvalue weighted by Crippen LogP contribution is 2.27. The number of anilines is 1. The van der Waals surface area contributed by atoms with Crippen LogP contribution in [0.5, 0.6) is 0 Å². The minimum absolute atomic E-state index is 0.0623. The summed E-state index contributed by atoms with van der Waals surface area (Å²) >= 11 is 0. The van der Waals surface area contributed by atoms with Crippen molar-refractivity contribution < 1.29 is 23.6 Å². The van der Waals surface area contributed by atoms with Gasteiger partial charge in [-0.15, -0.1) is 0 Å². The number of barbiturate groups is 1. The van der Waals surface area contributed by atoms with Gasteiger partial charge in [-0.25, -0.2) is 14.1 Å². The van der Waals surface area contributed by atoms with Crippen LogP contribution in [0.3, 0.4) is 0 Å². The third-order valence-corrected chi connectivity index (χ3v) is 5.74. The van der Waals surface area contributed by atoms with Gasteiger partial charge in [0.05, 0.1) is 5.69 Å². The minimum atomic E-state index is -1.02. The molecule has 9 heteroatoms. The predicted molar refractivity (Wildman–Crippen MR) is 125 cm³/mol. The number of benzene rings is 2. The standard InChI is InChI=1S/C25H23FN4O4/c1-3-28(4-2)22(31)15-29-14-16(17-9-5-7-11-20(17)29)13-18-23(32)27-25(34)30(24(18)33)21-12-8-6-10-19(21)26/h5-14H,3-4,15H2,1-2H3,(H,27,32,34). The van der Waals surface area contributed by atoms with Crippen molar-refractivity contribution in [3.8, 4) is 0 Å². The number of halogens is 1. The minimum Gasteiger partial charge on any atom is -0.342 e. The first kappa shape index (κ1) is 22.9. The first-order chi connectivity index (χ1) is 16.3. The fourth-order valence-electron chi connectivity index (χ4n) is 4.01. The molecule has 34 heavy (non-hydrogen) atoms. The molecule has 4 rings (SSSR count). The van der Waals surface area contributed by atoms with E-state index >= 15 is 0 Å². The normalized spacial score (nSPS) is 15.2. The van der Waals surface area contributed by atoms with Crippen molar-refractivity contribution in [3.05, 3.63) is 71.7 Å². The number of carbonyl (C=O) groups excluding carboxylic acids is 4. The summed E-state index contributed by atoms with van der Waals surface area (Å²) in [5.74, 6) is -2.65. The van der Waals surface area contributed by atoms with Crippen LogP contribution in [0.2, 0.25) is 0 Å². The molecule has 1 fully saturated rings. The Morgan fingerprint density at radius 1 is 1.03 bits per heavy atom. The summed E-state index contributed by atoms with van der Waals surface area (Å²) < 4.78 is 16.1. The molecule has 1 N–H and O–H groups in total. The van der Waals surface area contributed by atoms with E-state index in [9.17, 15) is 23.6 Å². The average molecular weight is 462 g/mol. The molecular weight excluding hydrogens is 439 g/mol. The molecule has 0 aliphatic carbocycles. The van der Waals surface area contributed by atoms with E-state index < -0.39 is 23.7 Å². The SMILES string of the molecule is CCN(CC)C(=O)Cn1cc(C=C2C(=O)NC(=O)N(c3ccccc3F)C2=O)c2ccccc21. The van der Waals surface area contributed by atoms with E-state index in [1.807, 2.05) is 32.0 Å². The molecule has 1 aliphatic heterocycles. The third kappa shape index (κ3) is 4.07. The number of hydrogen-bond donors (Lipinski definition) is 1. The fraction of sp³-hybridized carbons (Fsp3) is 0.200. The summed E-state index contributed by atoms with van der Waals surface area (Å²) in [7, 11) is 0. The number of nitrogens with one attached hydrogen (secondary N) is 1. The number of imide groups is 2. The highest BCUT2D eigenvalue weighted by Gasteiger charge is 2.38. The molecule has 0 bridgehead atoms. The Labute approximate surface area is 195 Å². The van der Waals surface area contributed by atoms with E-state index in [-0.39, 0.29) is 23.7 Å². The van der Waals surface area contributed by atoms with Gasteiger partial charge in [0.25, 0.3) is 11.8 Å². The van der Waals surface area contributed by atoms with Crippen LogP contribution in [0.4, 0.5) is 14.9 Å². The second-order valence-corrected chi connectivity index (χ2v) is 7.70. The Balaban J connectivity index is 1.76. The van der Waals surface area contributed by atoms with Gasteiger partial charge in [0, 0.05) is 35.8 Å². The summed E-state index contributed by atoms with van der Waals surface area (Å²) in [6.45, 7) is 5.06. The van der Waals surface area contributed by atoms with E-state index in [4.69, 9.17) is 0 Å². The van der Waals surface area contributed by atoms with Crippen molar-refractivity contribution in [1.82, 2.24) is 14.8 Å². The molecule has 3 aromatic rings. The van der Waals surface area contributed by atoms with E-state index in [0.29, 0.717) is 23.6 Å². The highest BCUT2D eigenvalue weighted by molar-refractivity contribution is 6.39. The number of urea groups is 1. The Hall–Kier alpha value is -4.27. The molecular formula is C25H23FN4O4. The van der Waals surface area contributed by atoms with Crippen LogP contribution < -0.4 is 10.2 Å². The van der Waals surface area contributed by atoms with E-state index in [0.717, 1.165) is 17.0 Å². The maximum absolute atomic E-state index is 14.3. The second-order valence-electron chi connectivity index (χ2n) is 7.70. The summed E-state index contributed by atoms with van der Waals surface area (Å²) in [5.41, 5.74) is 0.696. The Bertz CT molecular complexity index is 1340. The van der Waals surface area contributed by atoms with Gasteiger partial charge in [0.1, 0.15) is 17.9 Å². The van der Waals surface area contributed by atoms with Crippen LogP contribution in [-0.4, -0.2) is 46.3 Å². The predicted octanol–water partition coefficient (Wildman–Crippen LogP) is 3.32. The number of likely N-dealkylation sites (N-methyl/N-ethyl adjacent to an activating group) is 1. The Kier molecular flexibility index (Phi) is 6.27. The topological polar surface area (TPSA) is 91.7 Å². The monoisotopic (exact) mass is 462 g/mol. The zero-order valence-corrected chi connectivity index (χ0v) is 18.7. The third-order valence-electron chi connectivity index (χ3n) is 5.74. The summed E-state index contributed by atoms with van der Waals surface area (Å²) in [4.78, 5) is 53.0. The summed E-state index contributed by atoms with van der Waals surface area (Å²) in [5, 5.41) is 2.82. The number of nitrogens with zero attached hydrogens (tertiary/aromatic N) is 3. The molecule has 8 nitrogen and oxygen atoms in total. The van der Waals surface area contributed by atoms with Gasteiger partial charge in [-0.3, -0.25) is 19.7 Å². The van der Waals surface area contributed by atoms with Crippen LogP contribution >= 0.6 is 0 Å². The van der Waals surface area contributed by atoms with Crippen molar-refractivity contribution in [2.24, 2.45) is 0 Å². The van der Waals surface area contributed by atoms with E-state index in [2.05, 4.69) is 5.32 Å². The lowest BCUT2D eigenvalue weighted by atomic mass is 10.1. The van der Waals surface area contributed by atoms with Crippen LogP contribution in [0.15, 0.2) is 60.3 Å². The number of aromatic nitrogens is 1. The van der Waals surface area contributed by atoms with E-state index in [1.54, 1.807) is 21.7 Å². The first-order valence-electron chi connectivity index (χ1n) is 10.9. The molecule has 0 saturated carbocycles. The van der Waals surface area contributed by atoms with Gasteiger partial charge in [0.15, 0.2) is 0 Å². The molecule has 174 valence electrons. The van der Waals surface area contributed by atoms with Gasteiger partial charge in [-0.2, -0.15) is 0 Å². The maximum Gasteiger partial charge on any atom is 0.336 e. The number of rotatable bonds is 6.